The molecule has 0 amide bonds. The Morgan fingerprint density at radius 1 is 1.12 bits per heavy atom. The van der Waals surface area contributed by atoms with Gasteiger partial charge in [-0.2, -0.15) is 13.2 Å². The van der Waals surface area contributed by atoms with Crippen LogP contribution in [0.4, 0.5) is 19.0 Å². The highest BCUT2D eigenvalue weighted by Gasteiger charge is 2.29. The van der Waals surface area contributed by atoms with Crippen molar-refractivity contribution in [1.29, 1.82) is 0 Å². The Morgan fingerprint density at radius 3 is 2.48 bits per heavy atom. The molecule has 1 N–H and O–H groups in total. The first-order valence-corrected chi connectivity index (χ1v) is 8.85. The van der Waals surface area contributed by atoms with Gasteiger partial charge in [0.15, 0.2) is 0 Å². The molecule has 0 saturated carbocycles. The van der Waals surface area contributed by atoms with E-state index in [1.54, 1.807) is 11.3 Å². The van der Waals surface area contributed by atoms with E-state index in [1.807, 2.05) is 13.8 Å². The Hall–Kier alpha value is -2.15. The van der Waals surface area contributed by atoms with Gasteiger partial charge >= 0.3 is 6.18 Å². The number of nitrogens with one attached hydrogen (secondary N) is 1. The van der Waals surface area contributed by atoms with Crippen LogP contribution >= 0.6 is 11.3 Å². The summed E-state index contributed by atoms with van der Waals surface area (Å²) in [6, 6.07) is 7.34. The second kappa shape index (κ2) is 7.00. The third kappa shape index (κ3) is 4.10. The first-order valence-electron chi connectivity index (χ1n) is 8.04. The summed E-state index contributed by atoms with van der Waals surface area (Å²) in [5, 5.41) is 4.30. The number of thiophene rings is 1. The van der Waals surface area contributed by atoms with Gasteiger partial charge in [0.1, 0.15) is 16.5 Å². The quantitative estimate of drug-likeness (QED) is 0.672. The number of aryl methyl sites for hydroxylation is 2. The van der Waals surface area contributed by atoms with Gasteiger partial charge in [0.2, 0.25) is 0 Å². The third-order valence-electron chi connectivity index (χ3n) is 3.87. The first kappa shape index (κ1) is 17.7. The molecular weight excluding hydrogens is 347 g/mol. The fourth-order valence-electron chi connectivity index (χ4n) is 2.56. The molecule has 3 aromatic rings. The van der Waals surface area contributed by atoms with Crippen molar-refractivity contribution in [1.82, 2.24) is 9.97 Å². The monoisotopic (exact) mass is 365 g/mol. The minimum absolute atomic E-state index is 0.593. The van der Waals surface area contributed by atoms with Crippen molar-refractivity contribution in [2.24, 2.45) is 0 Å². The molecule has 0 atom stereocenters. The molecule has 0 aliphatic rings. The van der Waals surface area contributed by atoms with Crippen LogP contribution in [0.15, 0.2) is 30.3 Å². The Kier molecular flexibility index (Phi) is 4.94. The van der Waals surface area contributed by atoms with Crippen LogP contribution in [0.3, 0.4) is 0 Å². The largest absolute Gasteiger partial charge is 0.416 e. The number of aromatic nitrogens is 2. The third-order valence-corrected chi connectivity index (χ3v) is 4.81. The standard InChI is InChI=1S/C18H18F3N3S/c1-3-15-23-16(14-10-11(2)25-17(14)24-15)22-9-8-12-4-6-13(7-5-12)18(19,20)21/h4-7,10H,3,8-9H2,1-2H3,(H,22,23,24). The zero-order valence-corrected chi connectivity index (χ0v) is 14.8. The van der Waals surface area contributed by atoms with Crippen molar-refractivity contribution in [2.45, 2.75) is 32.9 Å². The van der Waals surface area contributed by atoms with Crippen LogP contribution in [-0.2, 0) is 19.0 Å². The number of rotatable bonds is 5. The van der Waals surface area contributed by atoms with Gasteiger partial charge in [-0.05, 0) is 37.1 Å². The molecule has 25 heavy (non-hydrogen) atoms. The second-order valence-corrected chi connectivity index (χ2v) is 7.02. The molecule has 2 aromatic heterocycles. The molecule has 3 nitrogen and oxygen atoms in total. The molecule has 0 fully saturated rings. The predicted molar refractivity (Wildman–Crippen MR) is 95.2 cm³/mol. The molecule has 2 heterocycles. The molecule has 0 aliphatic carbocycles. The predicted octanol–water partition coefficient (Wildman–Crippen LogP) is 5.24. The summed E-state index contributed by atoms with van der Waals surface area (Å²) < 4.78 is 37.8. The smallest absolute Gasteiger partial charge is 0.369 e. The summed E-state index contributed by atoms with van der Waals surface area (Å²) >= 11 is 1.63. The van der Waals surface area contributed by atoms with Gasteiger partial charge in [0.25, 0.3) is 0 Å². The Balaban J connectivity index is 1.70. The highest BCUT2D eigenvalue weighted by molar-refractivity contribution is 7.18. The van der Waals surface area contributed by atoms with E-state index in [0.29, 0.717) is 13.0 Å². The topological polar surface area (TPSA) is 37.8 Å². The molecule has 0 bridgehead atoms. The summed E-state index contributed by atoms with van der Waals surface area (Å²) in [6.45, 7) is 4.63. The van der Waals surface area contributed by atoms with Gasteiger partial charge in [0.05, 0.1) is 10.9 Å². The van der Waals surface area contributed by atoms with Crippen molar-refractivity contribution in [3.05, 3.63) is 52.2 Å². The fourth-order valence-corrected chi connectivity index (χ4v) is 3.46. The van der Waals surface area contributed by atoms with Gasteiger partial charge in [-0.1, -0.05) is 19.1 Å². The maximum Gasteiger partial charge on any atom is 0.416 e. The number of halogens is 3. The molecular formula is C18H18F3N3S. The van der Waals surface area contributed by atoms with Crippen molar-refractivity contribution in [3.8, 4) is 0 Å². The normalized spacial score (nSPS) is 11.9. The number of hydrogen-bond donors (Lipinski definition) is 1. The number of fused-ring (bicyclic) bond motifs is 1. The molecule has 0 unspecified atom stereocenters. The molecule has 7 heteroatoms. The van der Waals surface area contributed by atoms with Crippen molar-refractivity contribution < 1.29 is 13.2 Å². The van der Waals surface area contributed by atoms with E-state index < -0.39 is 11.7 Å². The van der Waals surface area contributed by atoms with Crippen molar-refractivity contribution in [3.63, 3.8) is 0 Å². The summed E-state index contributed by atoms with van der Waals surface area (Å²) in [7, 11) is 0. The van der Waals surface area contributed by atoms with Crippen LogP contribution in [0.25, 0.3) is 10.2 Å². The van der Waals surface area contributed by atoms with E-state index in [4.69, 9.17) is 0 Å². The number of benzene rings is 1. The minimum atomic E-state index is -4.29. The molecule has 0 radical (unpaired) electrons. The highest BCUT2D eigenvalue weighted by Crippen LogP contribution is 2.30. The molecule has 0 spiro atoms. The van der Waals surface area contributed by atoms with E-state index in [2.05, 4.69) is 21.4 Å². The Morgan fingerprint density at radius 2 is 1.84 bits per heavy atom. The first-order chi connectivity index (χ1) is 11.9. The Bertz CT molecular complexity index is 870. The van der Waals surface area contributed by atoms with Crippen LogP contribution in [0, 0.1) is 6.92 Å². The van der Waals surface area contributed by atoms with E-state index >= 15 is 0 Å². The number of nitrogens with zero attached hydrogens (tertiary/aromatic N) is 2. The fraction of sp³-hybridized carbons (Fsp3) is 0.333. The molecule has 132 valence electrons. The minimum Gasteiger partial charge on any atom is -0.369 e. The lowest BCUT2D eigenvalue weighted by Gasteiger charge is -2.10. The van der Waals surface area contributed by atoms with Crippen LogP contribution in [0.2, 0.25) is 0 Å². The van der Waals surface area contributed by atoms with E-state index in [0.717, 1.165) is 46.0 Å². The van der Waals surface area contributed by atoms with Crippen LogP contribution < -0.4 is 5.32 Å². The summed E-state index contributed by atoms with van der Waals surface area (Å²) in [4.78, 5) is 11.2. The summed E-state index contributed by atoms with van der Waals surface area (Å²) in [5.74, 6) is 1.57. The molecule has 3 rings (SSSR count). The van der Waals surface area contributed by atoms with Gasteiger partial charge < -0.3 is 5.32 Å². The maximum atomic E-state index is 12.6. The van der Waals surface area contributed by atoms with Crippen LogP contribution in [0.5, 0.6) is 0 Å². The van der Waals surface area contributed by atoms with Gasteiger partial charge in [-0.3, -0.25) is 0 Å². The van der Waals surface area contributed by atoms with Gasteiger partial charge in [0, 0.05) is 17.8 Å². The van der Waals surface area contributed by atoms with E-state index in [1.165, 1.54) is 17.0 Å². The van der Waals surface area contributed by atoms with Crippen LogP contribution in [0.1, 0.15) is 28.8 Å². The number of anilines is 1. The number of alkyl halides is 3. The lowest BCUT2D eigenvalue weighted by Crippen LogP contribution is -2.09. The average molecular weight is 365 g/mol. The SMILES string of the molecule is CCc1nc(NCCc2ccc(C(F)(F)F)cc2)c2cc(C)sc2n1. The lowest BCUT2D eigenvalue weighted by atomic mass is 10.1. The summed E-state index contributed by atoms with van der Waals surface area (Å²) in [5.41, 5.74) is 0.228. The van der Waals surface area contributed by atoms with Crippen molar-refractivity contribution >= 4 is 27.4 Å². The molecule has 0 aliphatic heterocycles. The van der Waals surface area contributed by atoms with Gasteiger partial charge in [-0.15, -0.1) is 11.3 Å². The maximum absolute atomic E-state index is 12.6. The molecule has 1 aromatic carbocycles. The zero-order valence-electron chi connectivity index (χ0n) is 13.9. The zero-order chi connectivity index (χ0) is 18.0. The van der Waals surface area contributed by atoms with E-state index in [9.17, 15) is 13.2 Å². The van der Waals surface area contributed by atoms with E-state index in [-0.39, 0.29) is 0 Å². The van der Waals surface area contributed by atoms with Crippen molar-refractivity contribution in [2.75, 3.05) is 11.9 Å². The second-order valence-electron chi connectivity index (χ2n) is 5.79. The summed E-state index contributed by atoms with van der Waals surface area (Å²) in [6.07, 6.45) is -2.93. The van der Waals surface area contributed by atoms with Gasteiger partial charge in [-0.25, -0.2) is 9.97 Å². The highest BCUT2D eigenvalue weighted by atomic mass is 32.1. The Labute approximate surface area is 147 Å². The van der Waals surface area contributed by atoms with Crippen LogP contribution in [-0.4, -0.2) is 16.5 Å². The molecule has 0 saturated heterocycles. The lowest BCUT2D eigenvalue weighted by molar-refractivity contribution is -0.137. The number of hydrogen-bond acceptors (Lipinski definition) is 4. The average Bonchev–Trinajstić information content (AvgIpc) is 2.94.